The lowest BCUT2D eigenvalue weighted by Crippen LogP contribution is -2.32. The van der Waals surface area contributed by atoms with Crippen LogP contribution in [-0.2, 0) is 4.79 Å². The van der Waals surface area contributed by atoms with Gasteiger partial charge in [-0.25, -0.2) is 0 Å². The number of ether oxygens (including phenoxy) is 1. The van der Waals surface area contributed by atoms with E-state index in [1.54, 1.807) is 6.07 Å². The van der Waals surface area contributed by atoms with Crippen molar-refractivity contribution in [2.24, 2.45) is 5.73 Å². The first-order chi connectivity index (χ1) is 7.49. The molecule has 0 saturated heterocycles. The zero-order valence-electron chi connectivity index (χ0n) is 9.02. The summed E-state index contributed by atoms with van der Waals surface area (Å²) < 4.78 is 28.0. The van der Waals surface area contributed by atoms with E-state index in [4.69, 9.17) is 5.73 Å². The Bertz CT molecular complexity index is 375. The number of anilines is 1. The van der Waals surface area contributed by atoms with Crippen molar-refractivity contribution >= 4 is 24.0 Å². The third-order valence-electron chi connectivity index (χ3n) is 1.74. The second kappa shape index (κ2) is 7.03. The lowest BCUT2D eigenvalue weighted by Gasteiger charge is -2.09. The van der Waals surface area contributed by atoms with Crippen molar-refractivity contribution in [1.82, 2.24) is 0 Å². The molecule has 17 heavy (non-hydrogen) atoms. The molecule has 0 fully saturated rings. The molecule has 1 aromatic rings. The number of halogens is 3. The highest BCUT2D eigenvalue weighted by Crippen LogP contribution is 2.19. The van der Waals surface area contributed by atoms with Crippen molar-refractivity contribution in [3.05, 3.63) is 24.3 Å². The fourth-order valence-corrected chi connectivity index (χ4v) is 1.01. The van der Waals surface area contributed by atoms with Gasteiger partial charge in [-0.15, -0.1) is 12.4 Å². The molecule has 7 heteroatoms. The van der Waals surface area contributed by atoms with Crippen LogP contribution >= 0.6 is 12.4 Å². The second-order valence-corrected chi connectivity index (χ2v) is 3.18. The van der Waals surface area contributed by atoms with Crippen LogP contribution in [0, 0.1) is 0 Å². The zero-order chi connectivity index (χ0) is 12.1. The van der Waals surface area contributed by atoms with Crippen LogP contribution in [0.2, 0.25) is 0 Å². The van der Waals surface area contributed by atoms with Crippen molar-refractivity contribution in [1.29, 1.82) is 0 Å². The van der Waals surface area contributed by atoms with Crippen molar-refractivity contribution in [3.63, 3.8) is 0 Å². The molecule has 4 nitrogen and oxygen atoms in total. The average Bonchev–Trinajstić information content (AvgIpc) is 2.16. The molecular weight excluding hydrogens is 254 g/mol. The Kier molecular flexibility index (Phi) is 6.45. The van der Waals surface area contributed by atoms with Crippen LogP contribution in [0.3, 0.4) is 0 Å². The Balaban J connectivity index is 0.00000256. The number of rotatable bonds is 4. The lowest BCUT2D eigenvalue weighted by atomic mass is 10.2. The Labute approximate surface area is 104 Å². The maximum atomic E-state index is 11.9. The highest BCUT2D eigenvalue weighted by Gasteiger charge is 2.09. The van der Waals surface area contributed by atoms with Gasteiger partial charge in [0.05, 0.1) is 6.04 Å². The summed E-state index contributed by atoms with van der Waals surface area (Å²) in [6.45, 7) is -1.37. The van der Waals surface area contributed by atoms with Gasteiger partial charge in [-0.1, -0.05) is 6.07 Å². The minimum atomic E-state index is -2.89. The standard InChI is InChI=1S/C10H12F2N2O2.ClH/c1-6(13)9(15)14-7-3-2-4-8(5-7)16-10(11)12;/h2-6,10H,13H2,1H3,(H,14,15);1H/t6-;/m1./s1. The normalized spacial score (nSPS) is 11.6. The fraction of sp³-hybridized carbons (Fsp3) is 0.300. The highest BCUT2D eigenvalue weighted by molar-refractivity contribution is 5.94. The summed E-state index contributed by atoms with van der Waals surface area (Å²) in [6, 6.07) is 5.05. The van der Waals surface area contributed by atoms with Gasteiger partial charge in [0.2, 0.25) is 5.91 Å². The molecule has 0 radical (unpaired) electrons. The molecule has 96 valence electrons. The van der Waals surface area contributed by atoms with Gasteiger partial charge in [-0.05, 0) is 19.1 Å². The SMILES string of the molecule is C[C@@H](N)C(=O)Nc1cccc(OC(F)F)c1.Cl. The monoisotopic (exact) mass is 266 g/mol. The van der Waals surface area contributed by atoms with Gasteiger partial charge in [0, 0.05) is 11.8 Å². The molecule has 0 unspecified atom stereocenters. The van der Waals surface area contributed by atoms with E-state index < -0.39 is 18.6 Å². The number of carbonyl (C=O) groups excluding carboxylic acids is 1. The fourth-order valence-electron chi connectivity index (χ4n) is 1.01. The van der Waals surface area contributed by atoms with Gasteiger partial charge >= 0.3 is 6.61 Å². The van der Waals surface area contributed by atoms with Gasteiger partial charge in [-0.3, -0.25) is 4.79 Å². The van der Waals surface area contributed by atoms with Crippen molar-refractivity contribution in [3.8, 4) is 5.75 Å². The molecule has 0 aromatic heterocycles. The number of hydrogen-bond donors (Lipinski definition) is 2. The van der Waals surface area contributed by atoms with Crippen LogP contribution < -0.4 is 15.8 Å². The van der Waals surface area contributed by atoms with Crippen LogP contribution in [0.25, 0.3) is 0 Å². The minimum absolute atomic E-state index is 0. The summed E-state index contributed by atoms with van der Waals surface area (Å²) in [7, 11) is 0. The molecule has 3 N–H and O–H groups in total. The van der Waals surface area contributed by atoms with Crippen molar-refractivity contribution in [2.45, 2.75) is 19.6 Å². The summed E-state index contributed by atoms with van der Waals surface area (Å²) in [5.74, 6) is -0.410. The third kappa shape index (κ3) is 5.46. The number of alkyl halides is 2. The molecule has 1 rings (SSSR count). The van der Waals surface area contributed by atoms with Gasteiger partial charge in [-0.2, -0.15) is 8.78 Å². The molecular formula is C10H13ClF2N2O2. The molecule has 0 bridgehead atoms. The van der Waals surface area contributed by atoms with Crippen LogP contribution in [0.1, 0.15) is 6.92 Å². The van der Waals surface area contributed by atoms with Crippen LogP contribution in [0.5, 0.6) is 5.75 Å². The van der Waals surface area contributed by atoms with Crippen molar-refractivity contribution in [2.75, 3.05) is 5.32 Å². The summed E-state index contributed by atoms with van der Waals surface area (Å²) in [6.07, 6.45) is 0. The first-order valence-corrected chi connectivity index (χ1v) is 4.60. The summed E-state index contributed by atoms with van der Waals surface area (Å²) in [5, 5.41) is 2.47. The second-order valence-electron chi connectivity index (χ2n) is 3.18. The van der Waals surface area contributed by atoms with Gasteiger partial charge < -0.3 is 15.8 Å². The Morgan fingerprint density at radius 3 is 2.65 bits per heavy atom. The third-order valence-corrected chi connectivity index (χ3v) is 1.74. The molecule has 1 atom stereocenters. The Hall–Kier alpha value is -1.40. The van der Waals surface area contributed by atoms with E-state index >= 15 is 0 Å². The number of hydrogen-bond acceptors (Lipinski definition) is 3. The minimum Gasteiger partial charge on any atom is -0.435 e. The van der Waals surface area contributed by atoms with E-state index in [-0.39, 0.29) is 18.2 Å². The molecule has 0 aliphatic rings. The zero-order valence-corrected chi connectivity index (χ0v) is 9.84. The summed E-state index contributed by atoms with van der Waals surface area (Å²) in [5.41, 5.74) is 5.70. The van der Waals surface area contributed by atoms with Crippen LogP contribution in [0.15, 0.2) is 24.3 Å². The van der Waals surface area contributed by atoms with E-state index in [1.165, 1.54) is 25.1 Å². The van der Waals surface area contributed by atoms with E-state index in [2.05, 4.69) is 10.1 Å². The number of amides is 1. The Morgan fingerprint density at radius 1 is 1.47 bits per heavy atom. The topological polar surface area (TPSA) is 64.4 Å². The average molecular weight is 267 g/mol. The van der Waals surface area contributed by atoms with Crippen molar-refractivity contribution < 1.29 is 18.3 Å². The lowest BCUT2D eigenvalue weighted by molar-refractivity contribution is -0.117. The highest BCUT2D eigenvalue weighted by atomic mass is 35.5. The number of nitrogens with two attached hydrogens (primary N) is 1. The quantitative estimate of drug-likeness (QED) is 0.876. The van der Waals surface area contributed by atoms with E-state index in [0.717, 1.165) is 0 Å². The predicted octanol–water partition coefficient (Wildman–Crippen LogP) is 2.00. The Morgan fingerprint density at radius 2 is 2.12 bits per heavy atom. The summed E-state index contributed by atoms with van der Waals surface area (Å²) >= 11 is 0. The first-order valence-electron chi connectivity index (χ1n) is 4.60. The molecule has 1 aromatic carbocycles. The number of benzene rings is 1. The molecule has 0 aliphatic carbocycles. The molecule has 0 aliphatic heterocycles. The van der Waals surface area contributed by atoms with E-state index in [1.807, 2.05) is 0 Å². The van der Waals surface area contributed by atoms with Gasteiger partial charge in [0.15, 0.2) is 0 Å². The molecule has 1 amide bonds. The largest absolute Gasteiger partial charge is 0.435 e. The number of nitrogens with one attached hydrogen (secondary N) is 1. The van der Waals surface area contributed by atoms with Gasteiger partial charge in [0.25, 0.3) is 0 Å². The maximum absolute atomic E-state index is 11.9. The molecule has 0 saturated carbocycles. The van der Waals surface area contributed by atoms with Gasteiger partial charge in [0.1, 0.15) is 5.75 Å². The number of carbonyl (C=O) groups is 1. The summed E-state index contributed by atoms with van der Waals surface area (Å²) in [4.78, 5) is 11.2. The predicted molar refractivity (Wildman–Crippen MR) is 62.6 cm³/mol. The van der Waals surface area contributed by atoms with E-state index in [9.17, 15) is 13.6 Å². The van der Waals surface area contributed by atoms with Crippen LogP contribution in [-0.4, -0.2) is 18.6 Å². The molecule has 0 heterocycles. The smallest absolute Gasteiger partial charge is 0.387 e. The maximum Gasteiger partial charge on any atom is 0.387 e. The van der Waals surface area contributed by atoms with Crippen LogP contribution in [0.4, 0.5) is 14.5 Å². The first kappa shape index (κ1) is 15.6. The van der Waals surface area contributed by atoms with E-state index in [0.29, 0.717) is 5.69 Å². The molecule has 0 spiro atoms.